The van der Waals surface area contributed by atoms with Crippen LogP contribution in [0.2, 0.25) is 0 Å². The summed E-state index contributed by atoms with van der Waals surface area (Å²) in [5.74, 6) is 0.447. The molecule has 2 aliphatic rings. The molecule has 8 nitrogen and oxygen atoms in total. The zero-order chi connectivity index (χ0) is 19.4. The summed E-state index contributed by atoms with van der Waals surface area (Å²) in [6, 6.07) is 4.17. The fraction of sp³-hybridized carbons (Fsp3) is 0.474. The Kier molecular flexibility index (Phi) is 5.85. The van der Waals surface area contributed by atoms with Crippen LogP contribution >= 0.6 is 0 Å². The van der Waals surface area contributed by atoms with Gasteiger partial charge in [0.1, 0.15) is 6.61 Å². The quantitative estimate of drug-likeness (QED) is 0.738. The largest absolute Gasteiger partial charge is 0.493 e. The first-order valence-electron chi connectivity index (χ1n) is 8.83. The van der Waals surface area contributed by atoms with E-state index in [0.29, 0.717) is 34.9 Å². The Morgan fingerprint density at radius 2 is 2.11 bits per heavy atom. The topological polar surface area (TPSA) is 95.1 Å². The molecule has 1 aromatic rings. The molecular formula is C19H24N2O6. The van der Waals surface area contributed by atoms with Gasteiger partial charge in [0.25, 0.3) is 0 Å². The van der Waals surface area contributed by atoms with Crippen molar-refractivity contribution in [3.63, 3.8) is 0 Å². The highest BCUT2D eigenvalue weighted by Gasteiger charge is 2.35. The van der Waals surface area contributed by atoms with Crippen LogP contribution in [-0.4, -0.2) is 45.5 Å². The second-order valence-corrected chi connectivity index (χ2v) is 6.39. The van der Waals surface area contributed by atoms with Gasteiger partial charge in [0.05, 0.1) is 31.9 Å². The number of ether oxygens (including phenoxy) is 4. The van der Waals surface area contributed by atoms with Gasteiger partial charge in [-0.3, -0.25) is 0 Å². The molecule has 0 aliphatic carbocycles. The van der Waals surface area contributed by atoms with E-state index in [9.17, 15) is 9.59 Å². The van der Waals surface area contributed by atoms with Gasteiger partial charge in [-0.15, -0.1) is 0 Å². The summed E-state index contributed by atoms with van der Waals surface area (Å²) in [6.45, 7) is 2.54. The molecule has 0 aromatic heterocycles. The van der Waals surface area contributed by atoms with E-state index in [1.54, 1.807) is 25.1 Å². The van der Waals surface area contributed by atoms with Crippen molar-refractivity contribution in [3.8, 4) is 11.5 Å². The van der Waals surface area contributed by atoms with E-state index < -0.39 is 18.0 Å². The molecule has 2 unspecified atom stereocenters. The monoisotopic (exact) mass is 376 g/mol. The van der Waals surface area contributed by atoms with Crippen molar-refractivity contribution in [1.82, 2.24) is 10.6 Å². The summed E-state index contributed by atoms with van der Waals surface area (Å²) in [5, 5.41) is 5.40. The first-order chi connectivity index (χ1) is 13.0. The van der Waals surface area contributed by atoms with Crippen LogP contribution in [0.4, 0.5) is 4.79 Å². The molecule has 2 amide bonds. The zero-order valence-corrected chi connectivity index (χ0v) is 15.7. The van der Waals surface area contributed by atoms with Crippen molar-refractivity contribution in [3.05, 3.63) is 35.0 Å². The van der Waals surface area contributed by atoms with Crippen LogP contribution in [0.1, 0.15) is 31.4 Å². The van der Waals surface area contributed by atoms with Crippen molar-refractivity contribution in [2.45, 2.75) is 31.9 Å². The van der Waals surface area contributed by atoms with E-state index >= 15 is 0 Å². The van der Waals surface area contributed by atoms with E-state index in [2.05, 4.69) is 10.6 Å². The summed E-state index contributed by atoms with van der Waals surface area (Å²) < 4.78 is 21.8. The molecule has 8 heteroatoms. The zero-order valence-electron chi connectivity index (χ0n) is 15.7. The molecule has 0 spiro atoms. The van der Waals surface area contributed by atoms with Crippen LogP contribution in [-0.2, 0) is 14.3 Å². The number of carbonyl (C=O) groups is 2. The third kappa shape index (κ3) is 4.00. The van der Waals surface area contributed by atoms with Gasteiger partial charge in [-0.1, -0.05) is 12.1 Å². The Labute approximate surface area is 157 Å². The van der Waals surface area contributed by atoms with E-state index in [1.807, 2.05) is 0 Å². The highest BCUT2D eigenvalue weighted by atomic mass is 16.6. The van der Waals surface area contributed by atoms with Gasteiger partial charge in [0, 0.05) is 17.9 Å². The average Bonchev–Trinajstić information content (AvgIpc) is 3.18. The second-order valence-electron chi connectivity index (χ2n) is 6.39. The van der Waals surface area contributed by atoms with Crippen LogP contribution in [0.5, 0.6) is 11.5 Å². The minimum atomic E-state index is -0.721. The minimum absolute atomic E-state index is 0.0780. The van der Waals surface area contributed by atoms with Crippen molar-refractivity contribution in [2.24, 2.45) is 0 Å². The lowest BCUT2D eigenvalue weighted by Crippen LogP contribution is -2.45. The van der Waals surface area contributed by atoms with E-state index in [1.165, 1.54) is 14.2 Å². The number of amides is 2. The third-order valence-corrected chi connectivity index (χ3v) is 4.66. The van der Waals surface area contributed by atoms with Gasteiger partial charge in [-0.05, 0) is 25.8 Å². The summed E-state index contributed by atoms with van der Waals surface area (Å²) in [5.41, 5.74) is 1.36. The Morgan fingerprint density at radius 1 is 1.30 bits per heavy atom. The summed E-state index contributed by atoms with van der Waals surface area (Å²) in [6.07, 6.45) is 1.75. The van der Waals surface area contributed by atoms with Gasteiger partial charge in [0.2, 0.25) is 0 Å². The maximum absolute atomic E-state index is 12.8. The number of hydrogen-bond donors (Lipinski definition) is 2. The summed E-state index contributed by atoms with van der Waals surface area (Å²) >= 11 is 0. The predicted molar refractivity (Wildman–Crippen MR) is 96.6 cm³/mol. The van der Waals surface area contributed by atoms with Gasteiger partial charge in [-0.25, -0.2) is 9.59 Å². The van der Waals surface area contributed by atoms with Crippen LogP contribution in [0.3, 0.4) is 0 Å². The highest BCUT2D eigenvalue weighted by Crippen LogP contribution is 2.39. The average molecular weight is 376 g/mol. The van der Waals surface area contributed by atoms with Crippen LogP contribution in [0.25, 0.3) is 0 Å². The Balaban J connectivity index is 1.91. The molecule has 1 saturated heterocycles. The fourth-order valence-corrected chi connectivity index (χ4v) is 3.36. The maximum Gasteiger partial charge on any atom is 0.338 e. The molecule has 146 valence electrons. The second kappa shape index (κ2) is 8.30. The third-order valence-electron chi connectivity index (χ3n) is 4.66. The van der Waals surface area contributed by atoms with E-state index in [4.69, 9.17) is 18.9 Å². The smallest absolute Gasteiger partial charge is 0.338 e. The molecular weight excluding hydrogens is 352 g/mol. The number of rotatable bonds is 6. The van der Waals surface area contributed by atoms with Crippen molar-refractivity contribution < 1.29 is 28.5 Å². The number of methoxy groups -OCH3 is 2. The lowest BCUT2D eigenvalue weighted by Gasteiger charge is -2.29. The van der Waals surface area contributed by atoms with Crippen molar-refractivity contribution >= 4 is 12.0 Å². The molecule has 1 aromatic carbocycles. The van der Waals surface area contributed by atoms with E-state index in [-0.39, 0.29) is 12.7 Å². The number of benzene rings is 1. The Hall–Kier alpha value is -2.74. The summed E-state index contributed by atoms with van der Waals surface area (Å²) in [4.78, 5) is 24.9. The number of nitrogens with one attached hydrogen (secondary N) is 2. The molecule has 2 N–H and O–H groups in total. The standard InChI is InChI=1S/C19H24N2O6/c1-11-15(18(22)27-10-12-6-5-9-26-12)16(21-19(23)20-11)13-7-4-8-14(24-2)17(13)25-3/h4,7-8,12,16H,5-6,9-10H2,1-3H3,(H2,20,21,23). The fourth-order valence-electron chi connectivity index (χ4n) is 3.36. The number of urea groups is 1. The number of hydrogen-bond acceptors (Lipinski definition) is 6. The maximum atomic E-state index is 12.8. The molecule has 2 aliphatic heterocycles. The van der Waals surface area contributed by atoms with Crippen LogP contribution < -0.4 is 20.1 Å². The van der Waals surface area contributed by atoms with Crippen LogP contribution in [0.15, 0.2) is 29.5 Å². The molecule has 0 bridgehead atoms. The van der Waals surface area contributed by atoms with Crippen LogP contribution in [0, 0.1) is 0 Å². The molecule has 2 atom stereocenters. The molecule has 0 radical (unpaired) electrons. The van der Waals surface area contributed by atoms with Gasteiger partial charge in [-0.2, -0.15) is 0 Å². The molecule has 27 heavy (non-hydrogen) atoms. The number of allylic oxidation sites excluding steroid dienone is 1. The Morgan fingerprint density at radius 3 is 2.78 bits per heavy atom. The lowest BCUT2D eigenvalue weighted by atomic mass is 9.94. The highest BCUT2D eigenvalue weighted by molar-refractivity contribution is 5.95. The molecule has 0 saturated carbocycles. The van der Waals surface area contributed by atoms with Gasteiger partial charge < -0.3 is 29.6 Å². The molecule has 2 heterocycles. The summed E-state index contributed by atoms with van der Waals surface area (Å²) in [7, 11) is 3.04. The minimum Gasteiger partial charge on any atom is -0.493 e. The number of esters is 1. The van der Waals surface area contributed by atoms with Crippen molar-refractivity contribution in [2.75, 3.05) is 27.4 Å². The van der Waals surface area contributed by atoms with E-state index in [0.717, 1.165) is 12.8 Å². The SMILES string of the molecule is COc1cccc(C2NC(=O)NC(C)=C2C(=O)OCC2CCCO2)c1OC. The van der Waals surface area contributed by atoms with Gasteiger partial charge in [0.15, 0.2) is 11.5 Å². The van der Waals surface area contributed by atoms with Gasteiger partial charge >= 0.3 is 12.0 Å². The number of carbonyl (C=O) groups excluding carboxylic acids is 2. The first-order valence-corrected chi connectivity index (χ1v) is 8.83. The first kappa shape index (κ1) is 19.0. The number of para-hydroxylation sites is 1. The normalized spacial score (nSPS) is 22.1. The van der Waals surface area contributed by atoms with Crippen molar-refractivity contribution in [1.29, 1.82) is 0 Å². The predicted octanol–water partition coefficient (Wildman–Crippen LogP) is 2.05. The Bertz CT molecular complexity index is 755. The molecule has 1 fully saturated rings. The molecule has 3 rings (SSSR count). The lowest BCUT2D eigenvalue weighted by molar-refractivity contribution is -0.142.